The number of carbonyl (C=O) groups excluding carboxylic acids is 2. The lowest BCUT2D eigenvalue weighted by Crippen LogP contribution is -2.39. The van der Waals surface area contributed by atoms with Crippen molar-refractivity contribution >= 4 is 22.9 Å². The van der Waals surface area contributed by atoms with Crippen LogP contribution in [0.4, 0.5) is 0 Å². The van der Waals surface area contributed by atoms with Crippen LogP contribution < -0.4 is 5.32 Å². The number of ether oxygens (including phenoxy) is 1. The maximum Gasteiger partial charge on any atom is 0.330 e. The van der Waals surface area contributed by atoms with Crippen LogP contribution in [0.1, 0.15) is 17.3 Å². The van der Waals surface area contributed by atoms with Gasteiger partial charge in [0.1, 0.15) is 11.6 Å². The number of aromatic nitrogens is 3. The monoisotopic (exact) mass is 324 g/mol. The Balaban J connectivity index is 1.57. The molecule has 0 radical (unpaired) electrons. The van der Waals surface area contributed by atoms with E-state index in [4.69, 9.17) is 4.74 Å². The summed E-state index contributed by atoms with van der Waals surface area (Å²) in [5, 5.41) is 10.5. The van der Waals surface area contributed by atoms with Gasteiger partial charge in [-0.2, -0.15) is 0 Å². The molecule has 122 valence electrons. The van der Waals surface area contributed by atoms with E-state index in [9.17, 15) is 9.59 Å². The highest BCUT2D eigenvalue weighted by molar-refractivity contribution is 5.96. The molecule has 0 aliphatic carbocycles. The number of nitrogens with zero attached hydrogens (tertiary/aromatic N) is 3. The minimum absolute atomic E-state index is 0.0646. The van der Waals surface area contributed by atoms with Gasteiger partial charge in [-0.25, -0.2) is 9.48 Å². The number of benzene rings is 2. The van der Waals surface area contributed by atoms with Gasteiger partial charge < -0.3 is 10.1 Å². The van der Waals surface area contributed by atoms with Crippen LogP contribution in [0, 0.1) is 0 Å². The summed E-state index contributed by atoms with van der Waals surface area (Å²) < 4.78 is 6.68. The molecule has 1 N–H and O–H groups in total. The van der Waals surface area contributed by atoms with Gasteiger partial charge in [-0.15, -0.1) is 5.10 Å². The zero-order valence-corrected chi connectivity index (χ0v) is 13.0. The number of hydrogen-bond donors (Lipinski definition) is 1. The topological polar surface area (TPSA) is 86.1 Å². The van der Waals surface area contributed by atoms with Crippen molar-refractivity contribution in [1.82, 2.24) is 20.3 Å². The highest BCUT2D eigenvalue weighted by Crippen LogP contribution is 2.09. The highest BCUT2D eigenvalue weighted by atomic mass is 16.5. The first-order chi connectivity index (χ1) is 11.6. The molecule has 0 saturated heterocycles. The minimum atomic E-state index is -0.771. The Morgan fingerprint density at radius 1 is 1.12 bits per heavy atom. The number of amides is 1. The molecular formula is C17H16N4O3. The molecule has 7 nitrogen and oxygen atoms in total. The van der Waals surface area contributed by atoms with Crippen molar-refractivity contribution in [3.63, 3.8) is 0 Å². The van der Waals surface area contributed by atoms with E-state index < -0.39 is 12.0 Å². The highest BCUT2D eigenvalue weighted by Gasteiger charge is 2.18. The van der Waals surface area contributed by atoms with Crippen LogP contribution in [0.3, 0.4) is 0 Å². The number of para-hydroxylation sites is 1. The average molecular weight is 324 g/mol. The van der Waals surface area contributed by atoms with E-state index in [2.05, 4.69) is 15.6 Å². The van der Waals surface area contributed by atoms with Crippen molar-refractivity contribution < 1.29 is 14.3 Å². The van der Waals surface area contributed by atoms with E-state index >= 15 is 0 Å². The Morgan fingerprint density at radius 3 is 2.62 bits per heavy atom. The summed E-state index contributed by atoms with van der Waals surface area (Å²) in [6, 6.07) is 15.3. The number of esters is 1. The lowest BCUT2D eigenvalue weighted by molar-refractivity contribution is -0.149. The van der Waals surface area contributed by atoms with Crippen LogP contribution in [0.15, 0.2) is 54.6 Å². The molecule has 1 aromatic heterocycles. The predicted octanol–water partition coefficient (Wildman–Crippen LogP) is 1.75. The van der Waals surface area contributed by atoms with Crippen LogP contribution in [0.2, 0.25) is 0 Å². The van der Waals surface area contributed by atoms with Gasteiger partial charge in [-0.1, -0.05) is 35.5 Å². The van der Waals surface area contributed by atoms with Gasteiger partial charge >= 0.3 is 5.97 Å². The van der Waals surface area contributed by atoms with Crippen LogP contribution in [-0.4, -0.2) is 32.9 Å². The van der Waals surface area contributed by atoms with Gasteiger partial charge in [-0.05, 0) is 31.2 Å². The molecule has 0 aliphatic heterocycles. The summed E-state index contributed by atoms with van der Waals surface area (Å²) >= 11 is 0. The third-order valence-corrected chi connectivity index (χ3v) is 3.49. The zero-order valence-electron chi connectivity index (χ0n) is 13.0. The zero-order chi connectivity index (χ0) is 16.9. The first kappa shape index (κ1) is 15.7. The van der Waals surface area contributed by atoms with Gasteiger partial charge in [0, 0.05) is 5.56 Å². The fraction of sp³-hybridized carbons (Fsp3) is 0.176. The Kier molecular flexibility index (Phi) is 4.51. The fourth-order valence-corrected chi connectivity index (χ4v) is 2.19. The second kappa shape index (κ2) is 6.91. The standard InChI is InChI=1S/C17H16N4O3/c1-12(18-16(22)13-7-3-2-4-8-13)17(23)24-11-21-15-10-6-5-9-14(15)19-20-21/h2-10,12H,11H2,1H3,(H,18,22)/t12-/m1/s1. The van der Waals surface area contributed by atoms with Gasteiger partial charge in [0.15, 0.2) is 6.73 Å². The van der Waals surface area contributed by atoms with Crippen molar-refractivity contribution in [2.45, 2.75) is 19.7 Å². The Morgan fingerprint density at radius 2 is 1.83 bits per heavy atom. The van der Waals surface area contributed by atoms with Crippen LogP contribution in [-0.2, 0) is 16.3 Å². The molecule has 0 fully saturated rings. The number of fused-ring (bicyclic) bond motifs is 1. The molecule has 1 heterocycles. The molecule has 0 saturated carbocycles. The maximum absolute atomic E-state index is 12.0. The Labute approximate surface area is 138 Å². The molecule has 7 heteroatoms. The summed E-state index contributed by atoms with van der Waals surface area (Å²) in [5.74, 6) is -0.870. The second-order valence-corrected chi connectivity index (χ2v) is 5.23. The minimum Gasteiger partial charge on any atom is -0.441 e. The van der Waals surface area contributed by atoms with Crippen molar-refractivity contribution in [2.75, 3.05) is 0 Å². The van der Waals surface area contributed by atoms with E-state index in [1.54, 1.807) is 31.2 Å². The quantitative estimate of drug-likeness (QED) is 0.723. The average Bonchev–Trinajstić information content (AvgIpc) is 3.03. The summed E-state index contributed by atoms with van der Waals surface area (Å²) in [6.45, 7) is 1.51. The second-order valence-electron chi connectivity index (χ2n) is 5.23. The number of rotatable bonds is 5. The van der Waals surface area contributed by atoms with E-state index in [-0.39, 0.29) is 12.6 Å². The third-order valence-electron chi connectivity index (χ3n) is 3.49. The van der Waals surface area contributed by atoms with Gasteiger partial charge in [0.2, 0.25) is 0 Å². The summed E-state index contributed by atoms with van der Waals surface area (Å²) in [4.78, 5) is 24.1. The van der Waals surface area contributed by atoms with E-state index in [0.717, 1.165) is 11.0 Å². The Bertz CT molecular complexity index is 860. The van der Waals surface area contributed by atoms with Crippen LogP contribution in [0.25, 0.3) is 11.0 Å². The lowest BCUT2D eigenvalue weighted by Gasteiger charge is -2.13. The molecule has 0 spiro atoms. The van der Waals surface area contributed by atoms with E-state index in [0.29, 0.717) is 5.56 Å². The van der Waals surface area contributed by atoms with E-state index in [1.165, 1.54) is 4.68 Å². The smallest absolute Gasteiger partial charge is 0.330 e. The van der Waals surface area contributed by atoms with Crippen LogP contribution >= 0.6 is 0 Å². The molecule has 0 bridgehead atoms. The number of carbonyl (C=O) groups is 2. The summed E-state index contributed by atoms with van der Waals surface area (Å²) in [5.41, 5.74) is 1.98. The molecular weight excluding hydrogens is 308 g/mol. The third kappa shape index (κ3) is 3.40. The summed E-state index contributed by atoms with van der Waals surface area (Å²) in [7, 11) is 0. The molecule has 1 atom stereocenters. The van der Waals surface area contributed by atoms with E-state index in [1.807, 2.05) is 30.3 Å². The van der Waals surface area contributed by atoms with Crippen molar-refractivity contribution in [3.8, 4) is 0 Å². The van der Waals surface area contributed by atoms with Crippen LogP contribution in [0.5, 0.6) is 0 Å². The fourth-order valence-electron chi connectivity index (χ4n) is 2.19. The molecule has 3 rings (SSSR count). The van der Waals surface area contributed by atoms with Crippen molar-refractivity contribution in [1.29, 1.82) is 0 Å². The first-order valence-corrected chi connectivity index (χ1v) is 7.46. The number of nitrogens with one attached hydrogen (secondary N) is 1. The molecule has 0 unspecified atom stereocenters. The predicted molar refractivity (Wildman–Crippen MR) is 87.0 cm³/mol. The van der Waals surface area contributed by atoms with Gasteiger partial charge in [0.05, 0.1) is 5.52 Å². The molecule has 3 aromatic rings. The molecule has 0 aliphatic rings. The molecule has 2 aromatic carbocycles. The summed E-state index contributed by atoms with van der Waals surface area (Å²) in [6.07, 6.45) is 0. The first-order valence-electron chi connectivity index (χ1n) is 7.46. The van der Waals surface area contributed by atoms with Crippen molar-refractivity contribution in [2.24, 2.45) is 0 Å². The number of hydrogen-bond acceptors (Lipinski definition) is 5. The van der Waals surface area contributed by atoms with Crippen molar-refractivity contribution in [3.05, 3.63) is 60.2 Å². The largest absolute Gasteiger partial charge is 0.441 e. The normalized spacial score (nSPS) is 11.9. The maximum atomic E-state index is 12.0. The lowest BCUT2D eigenvalue weighted by atomic mass is 10.2. The SMILES string of the molecule is C[C@@H](NC(=O)c1ccccc1)C(=O)OCn1nnc2ccccc21. The Hall–Kier alpha value is -3.22. The van der Waals surface area contributed by atoms with Gasteiger partial charge in [-0.3, -0.25) is 4.79 Å². The molecule has 1 amide bonds. The van der Waals surface area contributed by atoms with Gasteiger partial charge in [0.25, 0.3) is 5.91 Å². The molecule has 24 heavy (non-hydrogen) atoms.